The minimum Gasteiger partial charge on any atom is -0.380 e. The van der Waals surface area contributed by atoms with Crippen LogP contribution in [0.2, 0.25) is 0 Å². The lowest BCUT2D eigenvalue weighted by Crippen LogP contribution is -2.68. The molecule has 0 saturated heterocycles. The fourth-order valence-corrected chi connectivity index (χ4v) is 3.46. The Labute approximate surface area is 125 Å². The number of carbonyl (C=O) groups is 1. The van der Waals surface area contributed by atoms with Crippen LogP contribution < -0.4 is 10.6 Å². The summed E-state index contributed by atoms with van der Waals surface area (Å²) < 4.78 is 18.7. The van der Waals surface area contributed by atoms with Crippen molar-refractivity contribution in [2.75, 3.05) is 12.4 Å². The monoisotopic (exact) mass is 294 g/mol. The Balaban J connectivity index is 1.98. The van der Waals surface area contributed by atoms with Gasteiger partial charge in [0.1, 0.15) is 5.82 Å². The van der Waals surface area contributed by atoms with Gasteiger partial charge in [0.05, 0.1) is 6.10 Å². The van der Waals surface area contributed by atoms with Gasteiger partial charge in [0, 0.05) is 30.2 Å². The molecule has 5 heteroatoms. The second-order valence-electron chi connectivity index (χ2n) is 6.38. The normalized spacial score (nSPS) is 26.9. The minimum atomic E-state index is -0.280. The Bertz CT molecular complexity index is 545. The van der Waals surface area contributed by atoms with Gasteiger partial charge in [-0.1, -0.05) is 20.8 Å². The van der Waals surface area contributed by atoms with E-state index in [1.54, 1.807) is 26.2 Å². The van der Waals surface area contributed by atoms with Crippen molar-refractivity contribution in [2.24, 2.45) is 11.3 Å². The predicted octanol–water partition coefficient (Wildman–Crippen LogP) is 3.32. The highest BCUT2D eigenvalue weighted by atomic mass is 19.1. The van der Waals surface area contributed by atoms with Gasteiger partial charge in [-0.25, -0.2) is 9.18 Å². The maximum Gasteiger partial charge on any atom is 0.319 e. The molecular weight excluding hydrogens is 271 g/mol. The number of nitrogens with one attached hydrogen (secondary N) is 2. The van der Waals surface area contributed by atoms with Gasteiger partial charge in [-0.05, 0) is 30.7 Å². The highest BCUT2D eigenvalue weighted by Gasteiger charge is 2.55. The smallest absolute Gasteiger partial charge is 0.319 e. The van der Waals surface area contributed by atoms with Gasteiger partial charge in [0.25, 0.3) is 0 Å². The van der Waals surface area contributed by atoms with Gasteiger partial charge in [0.15, 0.2) is 0 Å². The van der Waals surface area contributed by atoms with E-state index >= 15 is 0 Å². The van der Waals surface area contributed by atoms with Crippen molar-refractivity contribution in [2.45, 2.75) is 39.8 Å². The van der Waals surface area contributed by atoms with Gasteiger partial charge in [-0.3, -0.25) is 0 Å². The highest BCUT2D eigenvalue weighted by Crippen LogP contribution is 2.46. The Kier molecular flexibility index (Phi) is 4.23. The summed E-state index contributed by atoms with van der Waals surface area (Å²) in [6.45, 7) is 7.88. The van der Waals surface area contributed by atoms with Crippen molar-refractivity contribution in [3.63, 3.8) is 0 Å². The summed E-state index contributed by atoms with van der Waals surface area (Å²) >= 11 is 0. The maximum absolute atomic E-state index is 13.2. The number of rotatable bonds is 3. The third-order valence-electron chi connectivity index (χ3n) is 4.49. The molecule has 21 heavy (non-hydrogen) atoms. The van der Waals surface area contributed by atoms with Crippen molar-refractivity contribution in [3.8, 4) is 0 Å². The molecule has 0 bridgehead atoms. The lowest BCUT2D eigenvalue weighted by Gasteiger charge is -2.56. The summed E-state index contributed by atoms with van der Waals surface area (Å²) in [6, 6.07) is 4.28. The molecule has 2 rings (SSSR count). The number of methoxy groups -OCH3 is 1. The summed E-state index contributed by atoms with van der Waals surface area (Å²) in [7, 11) is 1.69. The first-order valence-corrected chi connectivity index (χ1v) is 7.14. The van der Waals surface area contributed by atoms with Crippen molar-refractivity contribution >= 4 is 11.7 Å². The average Bonchev–Trinajstić information content (AvgIpc) is 2.40. The molecule has 116 valence electrons. The zero-order chi connectivity index (χ0) is 15.8. The largest absolute Gasteiger partial charge is 0.380 e. The summed E-state index contributed by atoms with van der Waals surface area (Å²) in [6.07, 6.45) is 0.135. The third kappa shape index (κ3) is 2.88. The Morgan fingerprint density at radius 2 is 2.05 bits per heavy atom. The SMILES string of the molecule is CO[C@@H]1[C@H](C)[C@H](NC(=O)Nc2ccc(F)c(C)c2)C1(C)C. The van der Waals surface area contributed by atoms with E-state index in [0.29, 0.717) is 11.3 Å². The molecule has 1 aliphatic carbocycles. The van der Waals surface area contributed by atoms with Crippen LogP contribution in [-0.4, -0.2) is 25.3 Å². The third-order valence-corrected chi connectivity index (χ3v) is 4.49. The predicted molar refractivity (Wildman–Crippen MR) is 80.8 cm³/mol. The number of amides is 2. The number of hydrogen-bond donors (Lipinski definition) is 2. The maximum atomic E-state index is 13.2. The summed E-state index contributed by atoms with van der Waals surface area (Å²) in [5.41, 5.74) is 0.980. The molecule has 0 aliphatic heterocycles. The van der Waals surface area contributed by atoms with Gasteiger partial charge >= 0.3 is 6.03 Å². The van der Waals surface area contributed by atoms with E-state index in [2.05, 4.69) is 31.4 Å². The van der Waals surface area contributed by atoms with E-state index in [4.69, 9.17) is 4.74 Å². The van der Waals surface area contributed by atoms with Crippen molar-refractivity contribution in [3.05, 3.63) is 29.6 Å². The van der Waals surface area contributed by atoms with E-state index in [0.717, 1.165) is 0 Å². The Morgan fingerprint density at radius 1 is 1.38 bits per heavy atom. The van der Waals surface area contributed by atoms with Crippen LogP contribution in [0.3, 0.4) is 0 Å². The van der Waals surface area contributed by atoms with Crippen LogP contribution in [0.5, 0.6) is 0 Å². The molecule has 0 heterocycles. The molecular formula is C16H23FN2O2. The van der Waals surface area contributed by atoms with Crippen LogP contribution >= 0.6 is 0 Å². The molecule has 0 radical (unpaired) electrons. The number of carbonyl (C=O) groups excluding carboxylic acids is 1. The van der Waals surface area contributed by atoms with Gasteiger partial charge < -0.3 is 15.4 Å². The molecule has 0 aromatic heterocycles. The van der Waals surface area contributed by atoms with E-state index in [-0.39, 0.29) is 35.3 Å². The molecule has 1 saturated carbocycles. The summed E-state index contributed by atoms with van der Waals surface area (Å²) in [5, 5.41) is 5.72. The van der Waals surface area contributed by atoms with Gasteiger partial charge in [-0.2, -0.15) is 0 Å². The first-order chi connectivity index (χ1) is 9.77. The zero-order valence-electron chi connectivity index (χ0n) is 13.2. The van der Waals surface area contributed by atoms with Crippen molar-refractivity contribution < 1.29 is 13.9 Å². The summed E-state index contributed by atoms with van der Waals surface area (Å²) in [4.78, 5) is 12.1. The molecule has 1 aliphatic rings. The number of hydrogen-bond acceptors (Lipinski definition) is 2. The number of benzene rings is 1. The number of halogens is 1. The molecule has 1 aromatic carbocycles. The highest BCUT2D eigenvalue weighted by molar-refractivity contribution is 5.89. The second-order valence-corrected chi connectivity index (χ2v) is 6.38. The fraction of sp³-hybridized carbons (Fsp3) is 0.562. The topological polar surface area (TPSA) is 50.4 Å². The van der Waals surface area contributed by atoms with E-state index < -0.39 is 0 Å². The molecule has 2 amide bonds. The van der Waals surface area contributed by atoms with Crippen molar-refractivity contribution in [1.82, 2.24) is 5.32 Å². The molecule has 1 fully saturated rings. The van der Waals surface area contributed by atoms with Crippen LogP contribution in [0.15, 0.2) is 18.2 Å². The molecule has 0 spiro atoms. The molecule has 3 atom stereocenters. The van der Waals surface area contributed by atoms with Crippen LogP contribution in [0.1, 0.15) is 26.3 Å². The van der Waals surface area contributed by atoms with E-state index in [1.165, 1.54) is 6.07 Å². The van der Waals surface area contributed by atoms with Crippen LogP contribution in [0.25, 0.3) is 0 Å². The van der Waals surface area contributed by atoms with E-state index in [1.807, 2.05) is 0 Å². The first kappa shape index (κ1) is 15.8. The first-order valence-electron chi connectivity index (χ1n) is 7.14. The molecule has 4 nitrogen and oxygen atoms in total. The van der Waals surface area contributed by atoms with Gasteiger partial charge in [0.2, 0.25) is 0 Å². The lowest BCUT2D eigenvalue weighted by molar-refractivity contribution is -0.140. The molecule has 0 unspecified atom stereocenters. The number of aryl methyl sites for hydroxylation is 1. The van der Waals surface area contributed by atoms with Crippen molar-refractivity contribution in [1.29, 1.82) is 0 Å². The minimum absolute atomic E-state index is 0.0454. The molecule has 2 N–H and O–H groups in total. The van der Waals surface area contributed by atoms with Crippen LogP contribution in [-0.2, 0) is 4.74 Å². The van der Waals surface area contributed by atoms with Crippen LogP contribution in [0, 0.1) is 24.1 Å². The fourth-order valence-electron chi connectivity index (χ4n) is 3.46. The Morgan fingerprint density at radius 3 is 2.57 bits per heavy atom. The summed E-state index contributed by atoms with van der Waals surface area (Å²) in [5.74, 6) is -0.0247. The van der Waals surface area contributed by atoms with Crippen LogP contribution in [0.4, 0.5) is 14.9 Å². The quantitative estimate of drug-likeness (QED) is 0.898. The Hall–Kier alpha value is -1.62. The average molecular weight is 294 g/mol. The van der Waals surface area contributed by atoms with E-state index in [9.17, 15) is 9.18 Å². The number of ether oxygens (including phenoxy) is 1. The standard InChI is InChI=1S/C16H23FN2O2/c1-9-8-11(6-7-12(9)17)18-15(20)19-13-10(2)14(21-5)16(13,3)4/h6-8,10,13-14H,1-5H3,(H2,18,19,20)/t10-,13+,14-/m1/s1. The zero-order valence-corrected chi connectivity index (χ0v) is 13.2. The molecule has 1 aromatic rings. The second kappa shape index (κ2) is 5.64. The number of urea groups is 1. The lowest BCUT2D eigenvalue weighted by atomic mass is 9.58. The number of anilines is 1. The van der Waals surface area contributed by atoms with Gasteiger partial charge in [-0.15, -0.1) is 0 Å².